The van der Waals surface area contributed by atoms with Crippen LogP contribution in [-0.2, 0) is 0 Å². The van der Waals surface area contributed by atoms with E-state index in [1.807, 2.05) is 6.07 Å². The van der Waals surface area contributed by atoms with Crippen molar-refractivity contribution in [3.05, 3.63) is 53.0 Å². The molecule has 0 aliphatic heterocycles. The molecule has 0 amide bonds. The van der Waals surface area contributed by atoms with Gasteiger partial charge in [-0.15, -0.1) is 11.3 Å². The fourth-order valence-corrected chi connectivity index (χ4v) is 2.76. The summed E-state index contributed by atoms with van der Waals surface area (Å²) in [5.74, 6) is 0.959. The van der Waals surface area contributed by atoms with Gasteiger partial charge in [-0.25, -0.2) is 4.98 Å². The fourth-order valence-electron chi connectivity index (χ4n) is 2.09. The van der Waals surface area contributed by atoms with E-state index in [-0.39, 0.29) is 0 Å². The van der Waals surface area contributed by atoms with Crippen molar-refractivity contribution in [1.82, 2.24) is 9.97 Å². The van der Waals surface area contributed by atoms with Gasteiger partial charge in [-0.2, -0.15) is 0 Å². The van der Waals surface area contributed by atoms with Crippen LogP contribution >= 0.6 is 11.3 Å². The van der Waals surface area contributed by atoms with E-state index >= 15 is 0 Å². The van der Waals surface area contributed by atoms with Crippen LogP contribution in [0.5, 0.6) is 0 Å². The lowest BCUT2D eigenvalue weighted by atomic mass is 10.1. The molecule has 0 fully saturated rings. The van der Waals surface area contributed by atoms with Crippen molar-refractivity contribution in [2.24, 2.45) is 0 Å². The molecular weight excluding hydrogens is 240 g/mol. The summed E-state index contributed by atoms with van der Waals surface area (Å²) in [7, 11) is 0. The van der Waals surface area contributed by atoms with Crippen LogP contribution in [0.25, 0.3) is 22.0 Å². The molecule has 3 aromatic rings. The van der Waals surface area contributed by atoms with Crippen LogP contribution < -0.4 is 0 Å². The second kappa shape index (κ2) is 4.42. The number of aryl methyl sites for hydroxylation is 2. The third-order valence-corrected chi connectivity index (χ3v) is 3.92. The highest BCUT2D eigenvalue weighted by Gasteiger charge is 2.12. The van der Waals surface area contributed by atoms with Gasteiger partial charge < -0.3 is 4.98 Å². The van der Waals surface area contributed by atoms with Gasteiger partial charge in [0, 0.05) is 11.3 Å². The summed E-state index contributed by atoms with van der Waals surface area (Å²) in [5, 5.41) is 2.07. The van der Waals surface area contributed by atoms with Crippen molar-refractivity contribution < 1.29 is 0 Å². The average Bonchev–Trinajstić information content (AvgIpc) is 2.99. The molecule has 2 heterocycles. The third kappa shape index (κ3) is 1.87. The van der Waals surface area contributed by atoms with E-state index in [9.17, 15) is 0 Å². The summed E-state index contributed by atoms with van der Waals surface area (Å²) in [4.78, 5) is 9.29. The Morgan fingerprint density at radius 3 is 2.61 bits per heavy atom. The molecule has 0 aliphatic carbocycles. The van der Waals surface area contributed by atoms with E-state index in [0.29, 0.717) is 0 Å². The van der Waals surface area contributed by atoms with Gasteiger partial charge in [-0.3, -0.25) is 0 Å². The maximum atomic E-state index is 4.74. The van der Waals surface area contributed by atoms with Gasteiger partial charge in [-0.05, 0) is 30.9 Å². The highest BCUT2D eigenvalue weighted by molar-refractivity contribution is 7.13. The van der Waals surface area contributed by atoms with E-state index in [0.717, 1.165) is 17.2 Å². The monoisotopic (exact) mass is 254 g/mol. The highest BCUT2D eigenvalue weighted by atomic mass is 32.1. The Hall–Kier alpha value is -1.87. The molecule has 1 aromatic carbocycles. The molecule has 3 rings (SSSR count). The molecule has 0 unspecified atom stereocenters. The van der Waals surface area contributed by atoms with E-state index in [4.69, 9.17) is 4.98 Å². The Labute approximate surface area is 110 Å². The normalized spacial score (nSPS) is 10.8. The molecule has 0 saturated carbocycles. The van der Waals surface area contributed by atoms with Crippen LogP contribution in [0.2, 0.25) is 0 Å². The minimum absolute atomic E-state index is 0.959. The second-order valence-corrected chi connectivity index (χ2v) is 5.30. The van der Waals surface area contributed by atoms with Crippen molar-refractivity contribution in [2.75, 3.05) is 0 Å². The van der Waals surface area contributed by atoms with Gasteiger partial charge >= 0.3 is 0 Å². The molecule has 0 saturated heterocycles. The predicted molar refractivity (Wildman–Crippen MR) is 76.8 cm³/mol. The molecule has 90 valence electrons. The zero-order valence-corrected chi connectivity index (χ0v) is 11.2. The lowest BCUT2D eigenvalue weighted by Gasteiger charge is -2.02. The molecule has 2 aromatic heterocycles. The minimum Gasteiger partial charge on any atom is -0.341 e. The number of nitrogens with zero attached hydrogens (tertiary/aromatic N) is 1. The standard InChI is InChI=1S/C15H14N2S/c1-10-6-3-4-7-12(10)14-11(2)16-15(17-14)13-8-5-9-18-13/h3-9H,1-2H3,(H,16,17). The summed E-state index contributed by atoms with van der Waals surface area (Å²) < 4.78 is 0. The Morgan fingerprint density at radius 1 is 1.06 bits per heavy atom. The molecule has 3 heteroatoms. The maximum Gasteiger partial charge on any atom is 0.148 e. The lowest BCUT2D eigenvalue weighted by molar-refractivity contribution is 1.26. The molecule has 0 aliphatic rings. The number of nitrogens with one attached hydrogen (secondary N) is 1. The van der Waals surface area contributed by atoms with Gasteiger partial charge in [0.2, 0.25) is 0 Å². The van der Waals surface area contributed by atoms with Crippen LogP contribution in [0.3, 0.4) is 0 Å². The number of aromatic amines is 1. The second-order valence-electron chi connectivity index (χ2n) is 4.35. The average molecular weight is 254 g/mol. The number of benzene rings is 1. The summed E-state index contributed by atoms with van der Waals surface area (Å²) in [6, 6.07) is 12.5. The van der Waals surface area contributed by atoms with Crippen molar-refractivity contribution >= 4 is 11.3 Å². The Kier molecular flexibility index (Phi) is 2.76. The van der Waals surface area contributed by atoms with Gasteiger partial charge in [0.25, 0.3) is 0 Å². The molecule has 0 bridgehead atoms. The summed E-state index contributed by atoms with van der Waals surface area (Å²) in [5.41, 5.74) is 4.63. The summed E-state index contributed by atoms with van der Waals surface area (Å²) in [6.07, 6.45) is 0. The fraction of sp³-hybridized carbons (Fsp3) is 0.133. The minimum atomic E-state index is 0.959. The number of thiophene rings is 1. The molecule has 0 spiro atoms. The maximum absolute atomic E-state index is 4.74. The third-order valence-electron chi connectivity index (χ3n) is 3.04. The summed E-state index contributed by atoms with van der Waals surface area (Å²) >= 11 is 1.70. The van der Waals surface area contributed by atoms with E-state index in [1.165, 1.54) is 16.0 Å². The van der Waals surface area contributed by atoms with E-state index in [1.54, 1.807) is 11.3 Å². The zero-order valence-electron chi connectivity index (χ0n) is 10.4. The van der Waals surface area contributed by atoms with E-state index in [2.05, 4.69) is 54.5 Å². The Morgan fingerprint density at radius 2 is 1.89 bits per heavy atom. The highest BCUT2D eigenvalue weighted by Crippen LogP contribution is 2.29. The van der Waals surface area contributed by atoms with Gasteiger partial charge in [0.15, 0.2) is 0 Å². The van der Waals surface area contributed by atoms with Crippen molar-refractivity contribution in [1.29, 1.82) is 0 Å². The van der Waals surface area contributed by atoms with Crippen LogP contribution in [0.4, 0.5) is 0 Å². The Balaban J connectivity index is 2.12. The lowest BCUT2D eigenvalue weighted by Crippen LogP contribution is -1.85. The smallest absolute Gasteiger partial charge is 0.148 e. The SMILES string of the molecule is Cc1ccccc1-c1nc(-c2cccs2)[nH]c1C. The van der Waals surface area contributed by atoms with Crippen molar-refractivity contribution in [2.45, 2.75) is 13.8 Å². The van der Waals surface area contributed by atoms with Crippen molar-refractivity contribution in [3.8, 4) is 22.0 Å². The molecule has 2 nitrogen and oxygen atoms in total. The first-order valence-corrected chi connectivity index (χ1v) is 6.80. The van der Waals surface area contributed by atoms with Gasteiger partial charge in [0.1, 0.15) is 5.82 Å². The molecule has 0 atom stereocenters. The Bertz CT molecular complexity index is 666. The molecule has 0 radical (unpaired) electrons. The largest absolute Gasteiger partial charge is 0.341 e. The van der Waals surface area contributed by atoms with Crippen LogP contribution in [0.1, 0.15) is 11.3 Å². The topological polar surface area (TPSA) is 28.7 Å². The number of hydrogen-bond donors (Lipinski definition) is 1. The first-order chi connectivity index (χ1) is 8.75. The quantitative estimate of drug-likeness (QED) is 0.720. The zero-order chi connectivity index (χ0) is 12.5. The number of hydrogen-bond acceptors (Lipinski definition) is 2. The molecule has 1 N–H and O–H groups in total. The first kappa shape index (κ1) is 11.2. The number of imidazole rings is 1. The van der Waals surface area contributed by atoms with E-state index < -0.39 is 0 Å². The number of rotatable bonds is 2. The van der Waals surface area contributed by atoms with Crippen molar-refractivity contribution in [3.63, 3.8) is 0 Å². The van der Waals surface area contributed by atoms with Crippen LogP contribution in [0, 0.1) is 13.8 Å². The number of aromatic nitrogens is 2. The molecule has 18 heavy (non-hydrogen) atoms. The summed E-state index contributed by atoms with van der Waals surface area (Å²) in [6.45, 7) is 4.19. The van der Waals surface area contributed by atoms with Crippen LogP contribution in [-0.4, -0.2) is 9.97 Å². The van der Waals surface area contributed by atoms with Crippen LogP contribution in [0.15, 0.2) is 41.8 Å². The molecular formula is C15H14N2S. The first-order valence-electron chi connectivity index (χ1n) is 5.92. The predicted octanol–water partition coefficient (Wildman–Crippen LogP) is 4.42. The van der Waals surface area contributed by atoms with Gasteiger partial charge in [0.05, 0.1) is 10.6 Å². The van der Waals surface area contributed by atoms with Gasteiger partial charge in [-0.1, -0.05) is 30.3 Å². The number of H-pyrrole nitrogens is 1.